The van der Waals surface area contributed by atoms with Gasteiger partial charge in [0.25, 0.3) is 0 Å². The standard InChI is InChI=1S/C16H15BrN6O/c17-10-4-5-13(24-7-3-1-2-6-18)11(8-10)14-12(9-19)15(20)23-16(21)22-14/h4-5,8H,1-3,7H2,(H4,20,21,22,23). The largest absolute Gasteiger partial charge is 0.493 e. The van der Waals surface area contributed by atoms with Gasteiger partial charge in [0.2, 0.25) is 5.95 Å². The van der Waals surface area contributed by atoms with E-state index in [1.807, 2.05) is 12.1 Å². The molecule has 0 saturated heterocycles. The minimum atomic E-state index is -0.0126. The second kappa shape index (κ2) is 8.14. The molecule has 1 aromatic carbocycles. The van der Waals surface area contributed by atoms with Crippen molar-refractivity contribution in [2.24, 2.45) is 0 Å². The van der Waals surface area contributed by atoms with Crippen LogP contribution in [-0.4, -0.2) is 16.6 Å². The van der Waals surface area contributed by atoms with Crippen LogP contribution >= 0.6 is 15.9 Å². The molecule has 0 saturated carbocycles. The van der Waals surface area contributed by atoms with E-state index in [4.69, 9.17) is 21.5 Å². The van der Waals surface area contributed by atoms with Crippen LogP contribution in [0.1, 0.15) is 24.8 Å². The number of nitrogen functional groups attached to an aromatic ring is 2. The molecule has 4 N–H and O–H groups in total. The highest BCUT2D eigenvalue weighted by Crippen LogP contribution is 2.35. The predicted octanol–water partition coefficient (Wildman–Crippen LogP) is 3.01. The van der Waals surface area contributed by atoms with Gasteiger partial charge in [0.1, 0.15) is 23.2 Å². The maximum Gasteiger partial charge on any atom is 0.222 e. The smallest absolute Gasteiger partial charge is 0.222 e. The Kier molecular flexibility index (Phi) is 5.94. The molecule has 0 aliphatic carbocycles. The van der Waals surface area contributed by atoms with Gasteiger partial charge in [-0.15, -0.1) is 0 Å². The SMILES string of the molecule is N#CCCCCOc1ccc(Br)cc1-c1nc(N)nc(N)c1C#N. The molecule has 8 heteroatoms. The number of rotatable bonds is 6. The monoisotopic (exact) mass is 386 g/mol. The lowest BCUT2D eigenvalue weighted by Gasteiger charge is -2.13. The normalized spacial score (nSPS) is 9.96. The molecule has 0 spiro atoms. The number of halogens is 1. The minimum absolute atomic E-state index is 0.0126. The van der Waals surface area contributed by atoms with E-state index in [1.54, 1.807) is 12.1 Å². The van der Waals surface area contributed by atoms with E-state index < -0.39 is 0 Å². The summed E-state index contributed by atoms with van der Waals surface area (Å²) in [5.74, 6) is 0.575. The third-order valence-electron chi connectivity index (χ3n) is 3.20. The van der Waals surface area contributed by atoms with E-state index in [1.165, 1.54) is 0 Å². The van der Waals surface area contributed by atoms with Crippen LogP contribution in [0, 0.1) is 22.7 Å². The van der Waals surface area contributed by atoms with Crippen molar-refractivity contribution < 1.29 is 4.74 Å². The Morgan fingerprint density at radius 1 is 1.17 bits per heavy atom. The van der Waals surface area contributed by atoms with Crippen molar-refractivity contribution in [1.82, 2.24) is 9.97 Å². The topological polar surface area (TPSA) is 135 Å². The van der Waals surface area contributed by atoms with Gasteiger partial charge in [-0.1, -0.05) is 15.9 Å². The molecule has 7 nitrogen and oxygen atoms in total. The molecule has 0 aliphatic heterocycles. The number of unbranched alkanes of at least 4 members (excludes halogenated alkanes) is 2. The van der Waals surface area contributed by atoms with Crippen LogP contribution in [0.25, 0.3) is 11.3 Å². The van der Waals surface area contributed by atoms with Crippen LogP contribution in [-0.2, 0) is 0 Å². The molecule has 24 heavy (non-hydrogen) atoms. The number of aromatic nitrogens is 2. The van der Waals surface area contributed by atoms with Crippen molar-refractivity contribution in [3.8, 4) is 29.1 Å². The summed E-state index contributed by atoms with van der Waals surface area (Å²) in [5.41, 5.74) is 12.5. The Bertz CT molecular complexity index is 825. The number of benzene rings is 1. The van der Waals surface area contributed by atoms with Crippen LogP contribution in [0.15, 0.2) is 22.7 Å². The first kappa shape index (κ1) is 17.5. The van der Waals surface area contributed by atoms with E-state index in [9.17, 15) is 5.26 Å². The number of nitrogens with zero attached hydrogens (tertiary/aromatic N) is 4. The van der Waals surface area contributed by atoms with E-state index >= 15 is 0 Å². The summed E-state index contributed by atoms with van der Waals surface area (Å²) in [7, 11) is 0. The Hall–Kier alpha value is -2.84. The van der Waals surface area contributed by atoms with Crippen molar-refractivity contribution in [3.63, 3.8) is 0 Å². The minimum Gasteiger partial charge on any atom is -0.493 e. The fourth-order valence-corrected chi connectivity index (χ4v) is 2.46. The number of hydrogen-bond acceptors (Lipinski definition) is 7. The Morgan fingerprint density at radius 2 is 1.96 bits per heavy atom. The van der Waals surface area contributed by atoms with Gasteiger partial charge in [-0.05, 0) is 31.0 Å². The molecule has 0 fully saturated rings. The molecule has 122 valence electrons. The summed E-state index contributed by atoms with van der Waals surface area (Å²) in [6, 6.07) is 9.49. The molecule has 1 heterocycles. The number of nitrogens with two attached hydrogens (primary N) is 2. The lowest BCUT2D eigenvalue weighted by atomic mass is 10.1. The Balaban J connectivity index is 2.38. The maximum atomic E-state index is 9.35. The van der Waals surface area contributed by atoms with Gasteiger partial charge in [0.05, 0.1) is 18.4 Å². The average Bonchev–Trinajstić information content (AvgIpc) is 2.55. The Labute approximate surface area is 148 Å². The zero-order valence-corrected chi connectivity index (χ0v) is 14.4. The van der Waals surface area contributed by atoms with Gasteiger partial charge in [-0.2, -0.15) is 15.5 Å². The first-order valence-electron chi connectivity index (χ1n) is 7.19. The van der Waals surface area contributed by atoms with Crippen LogP contribution in [0.2, 0.25) is 0 Å². The van der Waals surface area contributed by atoms with Crippen molar-refractivity contribution in [3.05, 3.63) is 28.2 Å². The molecule has 1 aromatic heterocycles. The van der Waals surface area contributed by atoms with E-state index in [0.717, 1.165) is 17.3 Å². The van der Waals surface area contributed by atoms with E-state index in [2.05, 4.69) is 32.0 Å². The van der Waals surface area contributed by atoms with Gasteiger partial charge in [-0.25, -0.2) is 4.98 Å². The zero-order valence-electron chi connectivity index (χ0n) is 12.8. The summed E-state index contributed by atoms with van der Waals surface area (Å²) < 4.78 is 6.59. The van der Waals surface area contributed by atoms with Crippen molar-refractivity contribution in [2.45, 2.75) is 19.3 Å². The molecule has 2 rings (SSSR count). The third-order valence-corrected chi connectivity index (χ3v) is 3.70. The third kappa shape index (κ3) is 4.12. The zero-order chi connectivity index (χ0) is 17.5. The van der Waals surface area contributed by atoms with Gasteiger partial charge < -0.3 is 16.2 Å². The lowest BCUT2D eigenvalue weighted by molar-refractivity contribution is 0.308. The number of anilines is 2. The van der Waals surface area contributed by atoms with Crippen molar-refractivity contribution in [1.29, 1.82) is 10.5 Å². The molecule has 0 radical (unpaired) electrons. The van der Waals surface area contributed by atoms with Gasteiger partial charge in [0, 0.05) is 16.5 Å². The van der Waals surface area contributed by atoms with Gasteiger partial charge in [0.15, 0.2) is 0 Å². The molecule has 0 unspecified atom stereocenters. The van der Waals surface area contributed by atoms with Crippen LogP contribution in [0.5, 0.6) is 5.75 Å². The van der Waals surface area contributed by atoms with E-state index in [-0.39, 0.29) is 17.3 Å². The summed E-state index contributed by atoms with van der Waals surface area (Å²) in [6.45, 7) is 0.453. The summed E-state index contributed by atoms with van der Waals surface area (Å²) in [5, 5.41) is 17.9. The highest BCUT2D eigenvalue weighted by molar-refractivity contribution is 9.10. The van der Waals surface area contributed by atoms with E-state index in [0.29, 0.717) is 30.0 Å². The first-order chi connectivity index (χ1) is 11.6. The number of ether oxygens (including phenoxy) is 1. The molecule has 0 aliphatic rings. The first-order valence-corrected chi connectivity index (χ1v) is 7.99. The summed E-state index contributed by atoms with van der Waals surface area (Å²) >= 11 is 3.40. The van der Waals surface area contributed by atoms with Crippen molar-refractivity contribution in [2.75, 3.05) is 18.1 Å². The highest BCUT2D eigenvalue weighted by atomic mass is 79.9. The predicted molar refractivity (Wildman–Crippen MR) is 93.7 cm³/mol. The lowest BCUT2D eigenvalue weighted by Crippen LogP contribution is -2.06. The second-order valence-electron chi connectivity index (χ2n) is 4.91. The summed E-state index contributed by atoms with van der Waals surface area (Å²) in [6.07, 6.45) is 2.01. The van der Waals surface area contributed by atoms with Crippen LogP contribution < -0.4 is 16.2 Å². The fourth-order valence-electron chi connectivity index (χ4n) is 2.10. The quantitative estimate of drug-likeness (QED) is 0.728. The van der Waals surface area contributed by atoms with Gasteiger partial charge >= 0.3 is 0 Å². The molecule has 0 amide bonds. The second-order valence-corrected chi connectivity index (χ2v) is 5.82. The van der Waals surface area contributed by atoms with Crippen LogP contribution in [0.4, 0.5) is 11.8 Å². The molecular weight excluding hydrogens is 372 g/mol. The Morgan fingerprint density at radius 3 is 2.67 bits per heavy atom. The van der Waals surface area contributed by atoms with Crippen molar-refractivity contribution >= 4 is 27.7 Å². The molecule has 0 bridgehead atoms. The number of nitriles is 2. The maximum absolute atomic E-state index is 9.35. The number of hydrogen-bond donors (Lipinski definition) is 2. The summed E-state index contributed by atoms with van der Waals surface area (Å²) in [4.78, 5) is 7.97. The average molecular weight is 387 g/mol. The highest BCUT2D eigenvalue weighted by Gasteiger charge is 2.17. The molecule has 0 atom stereocenters. The molecular formula is C16H15BrN6O. The molecule has 2 aromatic rings. The fraction of sp³-hybridized carbons (Fsp3) is 0.250. The van der Waals surface area contributed by atoms with Gasteiger partial charge in [-0.3, -0.25) is 0 Å². The van der Waals surface area contributed by atoms with Crippen LogP contribution in [0.3, 0.4) is 0 Å².